The van der Waals surface area contributed by atoms with Gasteiger partial charge in [0, 0.05) is 42.0 Å². The molecule has 32 heavy (non-hydrogen) atoms. The summed E-state index contributed by atoms with van der Waals surface area (Å²) in [5.41, 5.74) is 4.34. The van der Waals surface area contributed by atoms with Crippen molar-refractivity contribution < 1.29 is 14.3 Å². The van der Waals surface area contributed by atoms with Gasteiger partial charge in [0.15, 0.2) is 0 Å². The molecule has 0 saturated carbocycles. The third-order valence-electron chi connectivity index (χ3n) is 5.70. The molecule has 1 fully saturated rings. The fourth-order valence-electron chi connectivity index (χ4n) is 3.81. The second kappa shape index (κ2) is 10.1. The molecule has 2 aromatic carbocycles. The van der Waals surface area contributed by atoms with E-state index in [4.69, 9.17) is 9.47 Å². The van der Waals surface area contributed by atoms with Crippen LogP contribution in [0.25, 0.3) is 10.9 Å². The normalized spacial score (nSPS) is 15.9. The van der Waals surface area contributed by atoms with Crippen LogP contribution in [0.4, 0.5) is 5.69 Å². The molecule has 6 heteroatoms. The van der Waals surface area contributed by atoms with Gasteiger partial charge in [-0.2, -0.15) is 0 Å². The van der Waals surface area contributed by atoms with Crippen LogP contribution in [-0.2, 0) is 11.3 Å². The summed E-state index contributed by atoms with van der Waals surface area (Å²) in [5.74, 6) is 0.585. The van der Waals surface area contributed by atoms with Gasteiger partial charge in [0.1, 0.15) is 12.4 Å². The first-order chi connectivity index (χ1) is 15.5. The minimum atomic E-state index is -0.157. The summed E-state index contributed by atoms with van der Waals surface area (Å²) in [4.78, 5) is 17.4. The minimum Gasteiger partial charge on any atom is -0.491 e. The molecule has 1 unspecified atom stereocenters. The Morgan fingerprint density at radius 3 is 2.75 bits per heavy atom. The van der Waals surface area contributed by atoms with E-state index in [9.17, 15) is 4.79 Å². The lowest BCUT2D eigenvalue weighted by Gasteiger charge is -2.13. The summed E-state index contributed by atoms with van der Waals surface area (Å²) >= 11 is 0. The zero-order valence-electron chi connectivity index (χ0n) is 19.0. The molecule has 168 valence electrons. The van der Waals surface area contributed by atoms with Crippen LogP contribution in [0.2, 0.25) is 0 Å². The quantitative estimate of drug-likeness (QED) is 0.531. The number of carbonyl (C=O) groups excluding carboxylic acids is 1. The molecule has 2 heterocycles. The first-order valence-corrected chi connectivity index (χ1v) is 11.3. The van der Waals surface area contributed by atoms with Crippen LogP contribution in [0.1, 0.15) is 48.2 Å². The van der Waals surface area contributed by atoms with Gasteiger partial charge in [-0.3, -0.25) is 9.78 Å². The molecule has 0 radical (unpaired) electrons. The lowest BCUT2D eigenvalue weighted by atomic mass is 10.1. The SMILES string of the molecule is Cc1c(NC(=O)c2ccc(OCC3CCCO3)cc2)ccc2cc(CNC(C)C)cnc12. The summed E-state index contributed by atoms with van der Waals surface area (Å²) < 4.78 is 11.4. The van der Waals surface area contributed by atoms with Crippen molar-refractivity contribution in [3.8, 4) is 5.75 Å². The van der Waals surface area contributed by atoms with Crippen molar-refractivity contribution >= 4 is 22.5 Å². The Labute approximate surface area is 189 Å². The molecule has 6 nitrogen and oxygen atoms in total. The molecule has 0 spiro atoms. The molecule has 4 rings (SSSR count). The maximum Gasteiger partial charge on any atom is 0.255 e. The maximum absolute atomic E-state index is 12.8. The van der Waals surface area contributed by atoms with Crippen molar-refractivity contribution in [3.05, 3.63) is 65.4 Å². The molecule has 1 aromatic heterocycles. The van der Waals surface area contributed by atoms with Crippen LogP contribution in [0, 0.1) is 6.92 Å². The van der Waals surface area contributed by atoms with E-state index in [1.807, 2.05) is 37.4 Å². The van der Waals surface area contributed by atoms with Crippen LogP contribution >= 0.6 is 0 Å². The van der Waals surface area contributed by atoms with Crippen LogP contribution < -0.4 is 15.4 Å². The van der Waals surface area contributed by atoms with Crippen molar-refractivity contribution in [2.75, 3.05) is 18.5 Å². The number of nitrogens with one attached hydrogen (secondary N) is 2. The molecule has 1 amide bonds. The summed E-state index contributed by atoms with van der Waals surface area (Å²) in [6, 6.07) is 13.7. The van der Waals surface area contributed by atoms with Crippen molar-refractivity contribution in [3.63, 3.8) is 0 Å². The number of nitrogens with zero attached hydrogens (tertiary/aromatic N) is 1. The average molecular weight is 434 g/mol. The number of rotatable bonds is 8. The van der Waals surface area contributed by atoms with Gasteiger partial charge in [0.05, 0.1) is 11.6 Å². The molecule has 0 bridgehead atoms. The Balaban J connectivity index is 1.41. The number of fused-ring (bicyclic) bond motifs is 1. The van der Waals surface area contributed by atoms with E-state index >= 15 is 0 Å². The average Bonchev–Trinajstić information content (AvgIpc) is 3.32. The van der Waals surface area contributed by atoms with Crippen LogP contribution in [-0.4, -0.2) is 36.3 Å². The Morgan fingerprint density at radius 1 is 1.22 bits per heavy atom. The highest BCUT2D eigenvalue weighted by molar-refractivity contribution is 6.06. The van der Waals surface area contributed by atoms with E-state index < -0.39 is 0 Å². The highest BCUT2D eigenvalue weighted by Crippen LogP contribution is 2.25. The van der Waals surface area contributed by atoms with Gasteiger partial charge in [0.2, 0.25) is 0 Å². The number of aromatic nitrogens is 1. The number of anilines is 1. The second-order valence-electron chi connectivity index (χ2n) is 8.61. The van der Waals surface area contributed by atoms with Crippen LogP contribution in [0.5, 0.6) is 5.75 Å². The number of hydrogen-bond acceptors (Lipinski definition) is 5. The lowest BCUT2D eigenvalue weighted by Crippen LogP contribution is -2.21. The van der Waals surface area contributed by atoms with Gasteiger partial charge >= 0.3 is 0 Å². The Bertz CT molecular complexity index is 1070. The monoisotopic (exact) mass is 433 g/mol. The molecule has 0 aliphatic carbocycles. The highest BCUT2D eigenvalue weighted by atomic mass is 16.5. The molecule has 2 N–H and O–H groups in total. The summed E-state index contributed by atoms with van der Waals surface area (Å²) in [5, 5.41) is 7.49. The number of hydrogen-bond donors (Lipinski definition) is 2. The van der Waals surface area contributed by atoms with E-state index in [1.54, 1.807) is 12.1 Å². The van der Waals surface area contributed by atoms with E-state index in [-0.39, 0.29) is 12.0 Å². The first-order valence-electron chi connectivity index (χ1n) is 11.3. The summed E-state index contributed by atoms with van der Waals surface area (Å²) in [6.45, 7) is 8.38. The second-order valence-corrected chi connectivity index (χ2v) is 8.61. The first kappa shape index (κ1) is 22.2. The number of ether oxygens (including phenoxy) is 2. The molecule has 1 aliphatic heterocycles. The molecular weight excluding hydrogens is 402 g/mol. The van der Waals surface area contributed by atoms with E-state index in [0.29, 0.717) is 18.2 Å². The smallest absolute Gasteiger partial charge is 0.255 e. The number of pyridine rings is 1. The standard InChI is InChI=1S/C26H31N3O3/c1-17(2)27-14-19-13-21-8-11-24(18(3)25(21)28-15-19)29-26(30)20-6-9-22(10-7-20)32-16-23-5-4-12-31-23/h6-11,13,15,17,23,27H,4-5,12,14,16H2,1-3H3,(H,29,30). The zero-order chi connectivity index (χ0) is 22.5. The third-order valence-corrected chi connectivity index (χ3v) is 5.70. The van der Waals surface area contributed by atoms with Gasteiger partial charge < -0.3 is 20.1 Å². The molecular formula is C26H31N3O3. The van der Waals surface area contributed by atoms with Crippen molar-refractivity contribution in [2.24, 2.45) is 0 Å². The van der Waals surface area contributed by atoms with Crippen molar-refractivity contribution in [1.29, 1.82) is 0 Å². The molecule has 1 aliphatic rings. The van der Waals surface area contributed by atoms with E-state index in [1.165, 1.54) is 0 Å². The van der Waals surface area contributed by atoms with Crippen molar-refractivity contribution in [1.82, 2.24) is 10.3 Å². The van der Waals surface area contributed by atoms with Crippen LogP contribution in [0.15, 0.2) is 48.7 Å². The van der Waals surface area contributed by atoms with Gasteiger partial charge in [-0.1, -0.05) is 19.9 Å². The minimum absolute atomic E-state index is 0.157. The summed E-state index contributed by atoms with van der Waals surface area (Å²) in [7, 11) is 0. The maximum atomic E-state index is 12.8. The molecule has 3 aromatic rings. The third kappa shape index (κ3) is 5.44. The molecule has 1 atom stereocenters. The van der Waals surface area contributed by atoms with E-state index in [0.717, 1.165) is 59.5 Å². The highest BCUT2D eigenvalue weighted by Gasteiger charge is 2.16. The summed E-state index contributed by atoms with van der Waals surface area (Å²) in [6.07, 6.45) is 4.19. The number of aryl methyl sites for hydroxylation is 1. The predicted molar refractivity (Wildman–Crippen MR) is 127 cm³/mol. The van der Waals surface area contributed by atoms with Gasteiger partial charge in [-0.25, -0.2) is 0 Å². The Hall–Kier alpha value is -2.96. The number of benzene rings is 2. The zero-order valence-corrected chi connectivity index (χ0v) is 19.0. The van der Waals surface area contributed by atoms with E-state index in [2.05, 4.69) is 35.5 Å². The Morgan fingerprint density at radius 2 is 2.03 bits per heavy atom. The number of amides is 1. The van der Waals surface area contributed by atoms with Gasteiger partial charge in [-0.05, 0) is 67.3 Å². The van der Waals surface area contributed by atoms with Gasteiger partial charge in [-0.15, -0.1) is 0 Å². The van der Waals surface area contributed by atoms with Gasteiger partial charge in [0.25, 0.3) is 5.91 Å². The van der Waals surface area contributed by atoms with Crippen molar-refractivity contribution in [2.45, 2.75) is 52.3 Å². The Kier molecular flexibility index (Phi) is 7.02. The largest absolute Gasteiger partial charge is 0.491 e. The van der Waals surface area contributed by atoms with Crippen LogP contribution in [0.3, 0.4) is 0 Å². The molecule has 1 saturated heterocycles. The predicted octanol–water partition coefficient (Wildman–Crippen LogP) is 4.85. The topological polar surface area (TPSA) is 72.5 Å². The fraction of sp³-hybridized carbons (Fsp3) is 0.385. The lowest BCUT2D eigenvalue weighted by molar-refractivity contribution is 0.0679. The fourth-order valence-corrected chi connectivity index (χ4v) is 3.81. The number of carbonyl (C=O) groups is 1.